The Kier molecular flexibility index (Phi) is 6.76. The standard InChI is InChI=1S/C30H29N9O2/c1-19-26(30(41)39(37(19)2)22-8-4-3-5-9-22)29(40)34-21-12-10-20(11-13-21)27-28(31)33-17-24(36-27)23-16-32-18-25(35-23)38-14-6-7-15-38/h3-5,8-13,16-18H,6-7,14-15H2,1-2H3,(H2,31,33)(H,34,40). The minimum absolute atomic E-state index is 0.0838. The molecule has 11 heteroatoms. The van der Waals surface area contributed by atoms with Gasteiger partial charge in [0.05, 0.1) is 30.0 Å². The van der Waals surface area contributed by atoms with Crippen LogP contribution in [-0.4, -0.2) is 48.3 Å². The van der Waals surface area contributed by atoms with Gasteiger partial charge >= 0.3 is 0 Å². The maximum atomic E-state index is 13.2. The Labute approximate surface area is 236 Å². The monoisotopic (exact) mass is 547 g/mol. The number of amides is 1. The molecule has 0 bridgehead atoms. The smallest absolute Gasteiger partial charge is 0.284 e. The maximum Gasteiger partial charge on any atom is 0.284 e. The van der Waals surface area contributed by atoms with Crippen molar-refractivity contribution in [3.63, 3.8) is 0 Å². The van der Waals surface area contributed by atoms with E-state index in [1.807, 2.05) is 30.3 Å². The van der Waals surface area contributed by atoms with Gasteiger partial charge in [-0.05, 0) is 44.0 Å². The highest BCUT2D eigenvalue weighted by Gasteiger charge is 2.22. The van der Waals surface area contributed by atoms with E-state index in [0.29, 0.717) is 34.2 Å². The van der Waals surface area contributed by atoms with Gasteiger partial charge in [0.1, 0.15) is 34.3 Å². The topological polar surface area (TPSA) is 137 Å². The van der Waals surface area contributed by atoms with Gasteiger partial charge in [0.2, 0.25) is 0 Å². The molecule has 4 heterocycles. The van der Waals surface area contributed by atoms with Gasteiger partial charge in [-0.25, -0.2) is 19.6 Å². The summed E-state index contributed by atoms with van der Waals surface area (Å²) in [5.41, 5.74) is 10.1. The summed E-state index contributed by atoms with van der Waals surface area (Å²) < 4.78 is 3.16. The number of hydrogen-bond acceptors (Lipinski definition) is 8. The summed E-state index contributed by atoms with van der Waals surface area (Å²) in [5, 5.41) is 2.84. The third kappa shape index (κ3) is 4.93. The SMILES string of the molecule is Cc1c(C(=O)Nc2ccc(-c3nc(-c4cncc(N5CCCC5)n4)cnc3N)cc2)c(=O)n(-c2ccccc2)n1C. The van der Waals surface area contributed by atoms with Crippen LogP contribution in [0.1, 0.15) is 28.9 Å². The number of nitrogen functional groups attached to an aromatic ring is 1. The van der Waals surface area contributed by atoms with E-state index in [4.69, 9.17) is 15.7 Å². The number of aromatic nitrogens is 6. The lowest BCUT2D eigenvalue weighted by atomic mass is 10.1. The Morgan fingerprint density at radius 2 is 1.63 bits per heavy atom. The minimum Gasteiger partial charge on any atom is -0.382 e. The molecule has 1 fully saturated rings. The molecule has 0 saturated carbocycles. The molecule has 1 aliphatic heterocycles. The molecule has 1 saturated heterocycles. The van der Waals surface area contributed by atoms with Crippen LogP contribution in [0.3, 0.4) is 0 Å². The summed E-state index contributed by atoms with van der Waals surface area (Å²) in [6.45, 7) is 3.68. The molecule has 11 nitrogen and oxygen atoms in total. The summed E-state index contributed by atoms with van der Waals surface area (Å²) in [7, 11) is 1.75. The number of nitrogens with two attached hydrogens (primary N) is 1. The van der Waals surface area contributed by atoms with E-state index >= 15 is 0 Å². The van der Waals surface area contributed by atoms with Gasteiger partial charge in [-0.3, -0.25) is 19.3 Å². The molecule has 0 radical (unpaired) electrons. The van der Waals surface area contributed by atoms with Crippen LogP contribution >= 0.6 is 0 Å². The van der Waals surface area contributed by atoms with Crippen LogP contribution in [0.2, 0.25) is 0 Å². The fourth-order valence-electron chi connectivity index (χ4n) is 5.05. The highest BCUT2D eigenvalue weighted by Crippen LogP contribution is 2.27. The molecule has 3 aromatic heterocycles. The number of para-hydroxylation sites is 1. The van der Waals surface area contributed by atoms with Crippen molar-refractivity contribution in [1.82, 2.24) is 29.3 Å². The van der Waals surface area contributed by atoms with E-state index in [1.54, 1.807) is 61.5 Å². The van der Waals surface area contributed by atoms with Gasteiger partial charge in [0.25, 0.3) is 11.5 Å². The van der Waals surface area contributed by atoms with E-state index in [2.05, 4.69) is 20.2 Å². The fourth-order valence-corrected chi connectivity index (χ4v) is 5.05. The number of rotatable bonds is 6. The summed E-state index contributed by atoms with van der Waals surface area (Å²) in [4.78, 5) is 46.8. The first kappa shape index (κ1) is 25.9. The predicted molar refractivity (Wildman–Crippen MR) is 158 cm³/mol. The zero-order valence-electron chi connectivity index (χ0n) is 22.8. The van der Waals surface area contributed by atoms with Gasteiger partial charge in [-0.1, -0.05) is 30.3 Å². The number of carbonyl (C=O) groups excluding carboxylic acids is 1. The lowest BCUT2D eigenvalue weighted by Crippen LogP contribution is -2.25. The lowest BCUT2D eigenvalue weighted by molar-refractivity contribution is 0.102. The molecule has 1 aliphatic rings. The number of hydrogen-bond donors (Lipinski definition) is 2. The molecule has 206 valence electrons. The molecule has 3 N–H and O–H groups in total. The Balaban J connectivity index is 1.24. The molecular weight excluding hydrogens is 518 g/mol. The highest BCUT2D eigenvalue weighted by atomic mass is 16.2. The lowest BCUT2D eigenvalue weighted by Gasteiger charge is -2.16. The quantitative estimate of drug-likeness (QED) is 0.327. The molecule has 0 unspecified atom stereocenters. The van der Waals surface area contributed by atoms with Crippen molar-refractivity contribution in [3.05, 3.63) is 94.8 Å². The Bertz CT molecular complexity index is 1790. The van der Waals surface area contributed by atoms with Crippen LogP contribution in [0.5, 0.6) is 0 Å². The Morgan fingerprint density at radius 1 is 0.927 bits per heavy atom. The van der Waals surface area contributed by atoms with Crippen LogP contribution in [0.25, 0.3) is 28.3 Å². The van der Waals surface area contributed by atoms with Gasteiger partial charge in [0.15, 0.2) is 0 Å². The third-order valence-corrected chi connectivity index (χ3v) is 7.31. The number of nitrogens with zero attached hydrogens (tertiary/aromatic N) is 7. The number of benzene rings is 2. The van der Waals surface area contributed by atoms with Crippen LogP contribution in [0.4, 0.5) is 17.3 Å². The first-order valence-corrected chi connectivity index (χ1v) is 13.4. The zero-order chi connectivity index (χ0) is 28.5. The second kappa shape index (κ2) is 10.7. The third-order valence-electron chi connectivity index (χ3n) is 7.31. The molecule has 6 rings (SSSR count). The van der Waals surface area contributed by atoms with E-state index in [9.17, 15) is 9.59 Å². The largest absolute Gasteiger partial charge is 0.382 e. The van der Waals surface area contributed by atoms with E-state index < -0.39 is 5.91 Å². The maximum absolute atomic E-state index is 13.2. The van der Waals surface area contributed by atoms with Gasteiger partial charge in [-0.15, -0.1) is 0 Å². The normalized spacial score (nSPS) is 13.0. The van der Waals surface area contributed by atoms with Crippen molar-refractivity contribution in [1.29, 1.82) is 0 Å². The molecule has 0 atom stereocenters. The van der Waals surface area contributed by atoms with E-state index in [0.717, 1.165) is 37.3 Å². The van der Waals surface area contributed by atoms with Crippen molar-refractivity contribution < 1.29 is 4.79 Å². The zero-order valence-corrected chi connectivity index (χ0v) is 22.8. The summed E-state index contributed by atoms with van der Waals surface area (Å²) in [6.07, 6.45) is 7.31. The average Bonchev–Trinajstić information content (AvgIpc) is 3.61. The molecule has 0 aliphatic carbocycles. The van der Waals surface area contributed by atoms with Gasteiger partial charge in [-0.2, -0.15) is 0 Å². The first-order chi connectivity index (χ1) is 19.9. The molecule has 41 heavy (non-hydrogen) atoms. The second-order valence-electron chi connectivity index (χ2n) is 9.91. The highest BCUT2D eigenvalue weighted by molar-refractivity contribution is 6.05. The van der Waals surface area contributed by atoms with Gasteiger partial charge < -0.3 is 16.0 Å². The Hall–Kier alpha value is -5.32. The number of carbonyl (C=O) groups is 1. The molecule has 1 amide bonds. The summed E-state index contributed by atoms with van der Waals surface area (Å²) in [5.74, 6) is 0.614. The van der Waals surface area contributed by atoms with E-state index in [-0.39, 0.29) is 16.9 Å². The van der Waals surface area contributed by atoms with Crippen LogP contribution in [0, 0.1) is 6.92 Å². The van der Waals surface area contributed by atoms with E-state index in [1.165, 1.54) is 4.68 Å². The first-order valence-electron chi connectivity index (χ1n) is 13.4. The van der Waals surface area contributed by atoms with Crippen molar-refractivity contribution >= 4 is 23.2 Å². The molecule has 5 aromatic rings. The minimum atomic E-state index is -0.483. The predicted octanol–water partition coefficient (Wildman–Crippen LogP) is 3.83. The molecule has 2 aromatic carbocycles. The second-order valence-corrected chi connectivity index (χ2v) is 9.91. The fraction of sp³-hybridized carbons (Fsp3) is 0.200. The summed E-state index contributed by atoms with van der Waals surface area (Å²) >= 11 is 0. The van der Waals surface area contributed by atoms with Crippen molar-refractivity contribution in [2.75, 3.05) is 29.0 Å². The number of anilines is 3. The molecular formula is C30H29N9O2. The van der Waals surface area contributed by atoms with Crippen LogP contribution in [0.15, 0.2) is 78.0 Å². The van der Waals surface area contributed by atoms with Crippen molar-refractivity contribution in [2.24, 2.45) is 7.05 Å². The number of nitrogens with one attached hydrogen (secondary N) is 1. The van der Waals surface area contributed by atoms with Crippen molar-refractivity contribution in [3.8, 4) is 28.3 Å². The van der Waals surface area contributed by atoms with Crippen LogP contribution in [-0.2, 0) is 7.05 Å². The van der Waals surface area contributed by atoms with Crippen LogP contribution < -0.4 is 21.5 Å². The Morgan fingerprint density at radius 3 is 2.37 bits per heavy atom. The van der Waals surface area contributed by atoms with Crippen molar-refractivity contribution in [2.45, 2.75) is 19.8 Å². The summed E-state index contributed by atoms with van der Waals surface area (Å²) in [6, 6.07) is 16.3. The molecule has 0 spiro atoms. The average molecular weight is 548 g/mol. The van der Waals surface area contributed by atoms with Gasteiger partial charge in [0, 0.05) is 31.4 Å².